The van der Waals surface area contributed by atoms with Crippen LogP contribution < -0.4 is 14.8 Å². The number of hydrogen-bond donors (Lipinski definition) is 1. The lowest BCUT2D eigenvalue weighted by Crippen LogP contribution is -2.49. The fraction of sp³-hybridized carbons (Fsp3) is 0.417. The molecule has 32 heavy (non-hydrogen) atoms. The number of thioether (sulfide) groups is 1. The number of rotatable bonds is 8. The Morgan fingerprint density at radius 1 is 1.16 bits per heavy atom. The van der Waals surface area contributed by atoms with Crippen LogP contribution in [0.25, 0.3) is 0 Å². The first kappa shape index (κ1) is 24.3. The van der Waals surface area contributed by atoms with Crippen molar-refractivity contribution in [3.63, 3.8) is 0 Å². The van der Waals surface area contributed by atoms with Crippen molar-refractivity contribution in [3.8, 4) is 11.5 Å². The zero-order valence-electron chi connectivity index (χ0n) is 18.8. The topological polar surface area (TPSA) is 67.9 Å². The summed E-state index contributed by atoms with van der Waals surface area (Å²) >= 11 is 7.98. The quantitative estimate of drug-likeness (QED) is 0.614. The summed E-state index contributed by atoms with van der Waals surface area (Å²) in [5.41, 5.74) is 1.88. The van der Waals surface area contributed by atoms with Gasteiger partial charge in [0.25, 0.3) is 0 Å². The first-order chi connectivity index (χ1) is 15.4. The molecule has 1 N–H and O–H groups in total. The first-order valence-corrected chi connectivity index (χ1v) is 12.0. The third-order valence-corrected chi connectivity index (χ3v) is 7.03. The SMILES string of the molecule is COc1ccc(CCNC(=O)C2CSC(c3ccccc3Cl)N2C(=O)C(C)C)cc1OC. The van der Waals surface area contributed by atoms with E-state index in [1.807, 2.05) is 56.3 Å². The Morgan fingerprint density at radius 2 is 1.88 bits per heavy atom. The summed E-state index contributed by atoms with van der Waals surface area (Å²) in [7, 11) is 3.19. The number of carbonyl (C=O) groups excluding carboxylic acids is 2. The van der Waals surface area contributed by atoms with Crippen molar-refractivity contribution in [3.05, 3.63) is 58.6 Å². The van der Waals surface area contributed by atoms with Crippen molar-refractivity contribution in [2.24, 2.45) is 5.92 Å². The second-order valence-electron chi connectivity index (χ2n) is 7.85. The predicted molar refractivity (Wildman–Crippen MR) is 128 cm³/mol. The molecule has 2 atom stereocenters. The number of methoxy groups -OCH3 is 2. The molecule has 6 nitrogen and oxygen atoms in total. The summed E-state index contributed by atoms with van der Waals surface area (Å²) < 4.78 is 10.6. The maximum Gasteiger partial charge on any atom is 0.243 e. The molecule has 2 aromatic rings. The Labute approximate surface area is 198 Å². The number of ether oxygens (including phenoxy) is 2. The molecule has 1 aliphatic heterocycles. The van der Waals surface area contributed by atoms with Crippen molar-refractivity contribution in [1.29, 1.82) is 0 Å². The molecule has 0 spiro atoms. The Morgan fingerprint density at radius 3 is 2.53 bits per heavy atom. The Balaban J connectivity index is 1.69. The van der Waals surface area contributed by atoms with E-state index >= 15 is 0 Å². The van der Waals surface area contributed by atoms with E-state index in [4.69, 9.17) is 21.1 Å². The lowest BCUT2D eigenvalue weighted by atomic mass is 10.1. The van der Waals surface area contributed by atoms with Crippen LogP contribution in [0.2, 0.25) is 5.02 Å². The van der Waals surface area contributed by atoms with Gasteiger partial charge in [0.15, 0.2) is 11.5 Å². The van der Waals surface area contributed by atoms with E-state index in [1.54, 1.807) is 30.9 Å². The molecule has 1 heterocycles. The van der Waals surface area contributed by atoms with Crippen molar-refractivity contribution in [2.75, 3.05) is 26.5 Å². The summed E-state index contributed by atoms with van der Waals surface area (Å²) in [6.07, 6.45) is 0.637. The van der Waals surface area contributed by atoms with Gasteiger partial charge in [-0.15, -0.1) is 11.8 Å². The van der Waals surface area contributed by atoms with Gasteiger partial charge in [-0.3, -0.25) is 9.59 Å². The van der Waals surface area contributed by atoms with Crippen LogP contribution >= 0.6 is 23.4 Å². The zero-order chi connectivity index (χ0) is 23.3. The van der Waals surface area contributed by atoms with Crippen LogP contribution in [0.4, 0.5) is 0 Å². The summed E-state index contributed by atoms with van der Waals surface area (Å²) in [5, 5.41) is 3.32. The highest BCUT2D eigenvalue weighted by molar-refractivity contribution is 7.99. The van der Waals surface area contributed by atoms with Gasteiger partial charge in [-0.1, -0.05) is 49.7 Å². The molecule has 0 radical (unpaired) electrons. The van der Waals surface area contributed by atoms with Crippen LogP contribution in [0.5, 0.6) is 11.5 Å². The molecule has 0 aromatic heterocycles. The summed E-state index contributed by atoms with van der Waals surface area (Å²) in [6.45, 7) is 4.15. The van der Waals surface area contributed by atoms with Crippen LogP contribution in [0.1, 0.15) is 30.3 Å². The van der Waals surface area contributed by atoms with Crippen molar-refractivity contribution < 1.29 is 19.1 Å². The molecule has 3 rings (SSSR count). The number of benzene rings is 2. The fourth-order valence-electron chi connectivity index (χ4n) is 3.67. The number of amides is 2. The molecular formula is C24H29ClN2O4S. The second-order valence-corrected chi connectivity index (χ2v) is 9.37. The van der Waals surface area contributed by atoms with Gasteiger partial charge in [-0.25, -0.2) is 0 Å². The number of nitrogens with zero attached hydrogens (tertiary/aromatic N) is 1. The summed E-state index contributed by atoms with van der Waals surface area (Å²) in [4.78, 5) is 27.8. The van der Waals surface area contributed by atoms with Crippen molar-refractivity contribution in [1.82, 2.24) is 10.2 Å². The van der Waals surface area contributed by atoms with E-state index in [-0.39, 0.29) is 23.1 Å². The molecule has 2 amide bonds. The van der Waals surface area contributed by atoms with Crippen LogP contribution in [0.15, 0.2) is 42.5 Å². The van der Waals surface area contributed by atoms with Gasteiger partial charge >= 0.3 is 0 Å². The molecule has 8 heteroatoms. The van der Waals surface area contributed by atoms with Gasteiger partial charge in [0.05, 0.1) is 14.2 Å². The van der Waals surface area contributed by atoms with E-state index in [0.717, 1.165) is 11.1 Å². The molecule has 1 aliphatic rings. The minimum atomic E-state index is -0.540. The Bertz CT molecular complexity index is 969. The van der Waals surface area contributed by atoms with E-state index in [2.05, 4.69) is 5.32 Å². The molecule has 0 bridgehead atoms. The summed E-state index contributed by atoms with van der Waals surface area (Å²) in [5.74, 6) is 1.41. The van der Waals surface area contributed by atoms with Crippen LogP contribution in [0, 0.1) is 5.92 Å². The molecule has 2 unspecified atom stereocenters. The molecule has 0 saturated carbocycles. The third kappa shape index (κ3) is 5.33. The van der Waals surface area contributed by atoms with Gasteiger partial charge in [-0.2, -0.15) is 0 Å². The van der Waals surface area contributed by atoms with E-state index < -0.39 is 6.04 Å². The van der Waals surface area contributed by atoms with Gasteiger partial charge in [0.1, 0.15) is 11.4 Å². The minimum absolute atomic E-state index is 0.0556. The highest BCUT2D eigenvalue weighted by Crippen LogP contribution is 2.44. The minimum Gasteiger partial charge on any atom is -0.493 e. The monoisotopic (exact) mass is 476 g/mol. The molecule has 1 fully saturated rings. The zero-order valence-corrected chi connectivity index (χ0v) is 20.3. The summed E-state index contributed by atoms with van der Waals surface area (Å²) in [6, 6.07) is 12.6. The average Bonchev–Trinajstić information content (AvgIpc) is 3.23. The van der Waals surface area contributed by atoms with Crippen molar-refractivity contribution in [2.45, 2.75) is 31.7 Å². The smallest absolute Gasteiger partial charge is 0.243 e. The highest BCUT2D eigenvalue weighted by atomic mass is 35.5. The van der Waals surface area contributed by atoms with Crippen molar-refractivity contribution >= 4 is 35.2 Å². The maximum absolute atomic E-state index is 13.1. The van der Waals surface area contributed by atoms with Gasteiger partial charge in [-0.05, 0) is 30.2 Å². The number of nitrogens with one attached hydrogen (secondary N) is 1. The second kappa shape index (κ2) is 11.0. The number of hydrogen-bond acceptors (Lipinski definition) is 5. The Hall–Kier alpha value is -2.38. The number of halogens is 1. The lowest BCUT2D eigenvalue weighted by Gasteiger charge is -2.31. The normalized spacial score (nSPS) is 18.0. The molecule has 0 aliphatic carbocycles. The predicted octanol–water partition coefficient (Wildman–Crippen LogP) is 4.31. The first-order valence-electron chi connectivity index (χ1n) is 10.5. The van der Waals surface area contributed by atoms with Crippen LogP contribution in [-0.4, -0.2) is 49.3 Å². The molecule has 2 aromatic carbocycles. The fourth-order valence-corrected chi connectivity index (χ4v) is 5.45. The van der Waals surface area contributed by atoms with E-state index in [1.165, 1.54) is 0 Å². The third-order valence-electron chi connectivity index (χ3n) is 5.38. The lowest BCUT2D eigenvalue weighted by molar-refractivity contribution is -0.142. The van der Waals surface area contributed by atoms with Gasteiger partial charge in [0.2, 0.25) is 11.8 Å². The molecular weight excluding hydrogens is 448 g/mol. The van der Waals surface area contributed by atoms with E-state index in [0.29, 0.717) is 35.2 Å². The van der Waals surface area contributed by atoms with E-state index in [9.17, 15) is 9.59 Å². The maximum atomic E-state index is 13.1. The van der Waals surface area contributed by atoms with Crippen LogP contribution in [0.3, 0.4) is 0 Å². The molecule has 172 valence electrons. The number of carbonyl (C=O) groups is 2. The largest absolute Gasteiger partial charge is 0.493 e. The van der Waals surface area contributed by atoms with Gasteiger partial charge < -0.3 is 19.7 Å². The average molecular weight is 477 g/mol. The van der Waals surface area contributed by atoms with Gasteiger partial charge in [0, 0.05) is 28.8 Å². The highest BCUT2D eigenvalue weighted by Gasteiger charge is 2.43. The molecule has 1 saturated heterocycles. The Kier molecular flexibility index (Phi) is 8.32. The standard InChI is InChI=1S/C24H29ClN2O4S/c1-15(2)23(29)27-19(14-32-24(27)17-7-5-6-8-18(17)25)22(28)26-12-11-16-9-10-20(30-3)21(13-16)31-4/h5-10,13,15,19,24H,11-12,14H2,1-4H3,(H,26,28). The van der Waals surface area contributed by atoms with Crippen LogP contribution in [-0.2, 0) is 16.0 Å².